The highest BCUT2D eigenvalue weighted by Gasteiger charge is 2.29. The van der Waals surface area contributed by atoms with E-state index in [4.69, 9.17) is 10.4 Å². The van der Waals surface area contributed by atoms with Crippen LogP contribution in [0.4, 0.5) is 4.39 Å². The number of carbonyl (C=O) groups is 1. The minimum Gasteiger partial charge on any atom is -0.480 e. The lowest BCUT2D eigenvalue weighted by Crippen LogP contribution is -2.44. The molecule has 1 aromatic carbocycles. The molecule has 0 radical (unpaired) electrons. The van der Waals surface area contributed by atoms with E-state index >= 15 is 0 Å². The minimum atomic E-state index is -4.16. The Balaban J connectivity index is 3.17. The molecular weight excluding hydrogens is 299 g/mol. The Morgan fingerprint density at radius 2 is 2.14 bits per heavy atom. The monoisotopic (exact) mass is 314 g/mol. The zero-order chi connectivity index (χ0) is 16.2. The van der Waals surface area contributed by atoms with Crippen molar-refractivity contribution in [2.75, 3.05) is 0 Å². The van der Waals surface area contributed by atoms with Crippen LogP contribution >= 0.6 is 0 Å². The molecule has 6 nitrogen and oxygen atoms in total. The van der Waals surface area contributed by atoms with Gasteiger partial charge in [0.25, 0.3) is 0 Å². The molecule has 1 aromatic rings. The molecule has 0 saturated heterocycles. The molecule has 0 heterocycles. The van der Waals surface area contributed by atoms with Crippen LogP contribution in [0.3, 0.4) is 0 Å². The topological polar surface area (TPSA) is 107 Å². The zero-order valence-corrected chi connectivity index (χ0v) is 12.3. The van der Waals surface area contributed by atoms with Gasteiger partial charge in [0.15, 0.2) is 0 Å². The number of halogens is 1. The smallest absolute Gasteiger partial charge is 0.322 e. The van der Waals surface area contributed by atoms with E-state index < -0.39 is 39.3 Å². The number of hydrogen-bond acceptors (Lipinski definition) is 4. The summed E-state index contributed by atoms with van der Waals surface area (Å²) >= 11 is 0. The summed E-state index contributed by atoms with van der Waals surface area (Å²) in [5.41, 5.74) is -0.423. The average Bonchev–Trinajstić information content (AvgIpc) is 2.44. The molecule has 0 bridgehead atoms. The van der Waals surface area contributed by atoms with E-state index in [9.17, 15) is 17.6 Å². The first-order chi connectivity index (χ1) is 9.72. The van der Waals surface area contributed by atoms with E-state index in [-0.39, 0.29) is 4.90 Å². The lowest BCUT2D eigenvalue weighted by molar-refractivity contribution is -0.140. The maximum absolute atomic E-state index is 13.2. The third kappa shape index (κ3) is 4.00. The SMILES string of the molecule is CCC(C)[C@H](NS(=O)(=O)c1ccc(F)c(C#N)c1)C(=O)O. The molecule has 0 aromatic heterocycles. The Morgan fingerprint density at radius 3 is 2.62 bits per heavy atom. The summed E-state index contributed by atoms with van der Waals surface area (Å²) in [4.78, 5) is 10.8. The molecule has 0 spiro atoms. The second-order valence-corrected chi connectivity index (χ2v) is 6.29. The number of nitrogens with zero attached hydrogens (tertiary/aromatic N) is 1. The van der Waals surface area contributed by atoms with Crippen molar-refractivity contribution in [2.24, 2.45) is 5.92 Å². The summed E-state index contributed by atoms with van der Waals surface area (Å²) in [6.45, 7) is 3.34. The van der Waals surface area contributed by atoms with Crippen molar-refractivity contribution in [3.63, 3.8) is 0 Å². The van der Waals surface area contributed by atoms with Crippen molar-refractivity contribution in [1.29, 1.82) is 5.26 Å². The molecule has 2 N–H and O–H groups in total. The van der Waals surface area contributed by atoms with Gasteiger partial charge in [-0.05, 0) is 24.1 Å². The molecule has 8 heteroatoms. The van der Waals surface area contributed by atoms with E-state index in [1.165, 1.54) is 6.07 Å². The molecule has 114 valence electrons. The number of benzene rings is 1. The summed E-state index contributed by atoms with van der Waals surface area (Å²) in [7, 11) is -4.16. The van der Waals surface area contributed by atoms with E-state index in [0.29, 0.717) is 6.42 Å². The van der Waals surface area contributed by atoms with E-state index in [1.807, 2.05) is 0 Å². The van der Waals surface area contributed by atoms with Crippen LogP contribution in [0, 0.1) is 23.1 Å². The fraction of sp³-hybridized carbons (Fsp3) is 0.385. The first-order valence-corrected chi connectivity index (χ1v) is 7.66. The summed E-state index contributed by atoms with van der Waals surface area (Å²) in [5, 5.41) is 17.8. The number of sulfonamides is 1. The van der Waals surface area contributed by atoms with Crippen LogP contribution in [-0.4, -0.2) is 25.5 Å². The Kier molecular flexibility index (Phi) is 5.41. The van der Waals surface area contributed by atoms with Crippen LogP contribution in [-0.2, 0) is 14.8 Å². The van der Waals surface area contributed by atoms with Gasteiger partial charge in [-0.1, -0.05) is 20.3 Å². The second-order valence-electron chi connectivity index (χ2n) is 4.58. The van der Waals surface area contributed by atoms with Gasteiger partial charge in [-0.25, -0.2) is 12.8 Å². The van der Waals surface area contributed by atoms with Gasteiger partial charge in [0.05, 0.1) is 10.5 Å². The predicted molar refractivity (Wildman–Crippen MR) is 72.3 cm³/mol. The largest absolute Gasteiger partial charge is 0.480 e. The van der Waals surface area contributed by atoms with Crippen LogP contribution in [0.25, 0.3) is 0 Å². The summed E-state index contributed by atoms with van der Waals surface area (Å²) in [6.07, 6.45) is 0.465. The maximum atomic E-state index is 13.2. The molecule has 21 heavy (non-hydrogen) atoms. The molecule has 2 atom stereocenters. The van der Waals surface area contributed by atoms with Crippen molar-refractivity contribution in [2.45, 2.75) is 31.2 Å². The zero-order valence-electron chi connectivity index (χ0n) is 11.5. The van der Waals surface area contributed by atoms with Crippen molar-refractivity contribution >= 4 is 16.0 Å². The van der Waals surface area contributed by atoms with Crippen molar-refractivity contribution in [3.05, 3.63) is 29.6 Å². The van der Waals surface area contributed by atoms with Crippen molar-refractivity contribution in [3.8, 4) is 6.07 Å². The van der Waals surface area contributed by atoms with Gasteiger partial charge < -0.3 is 5.11 Å². The van der Waals surface area contributed by atoms with Gasteiger partial charge in [0, 0.05) is 0 Å². The van der Waals surface area contributed by atoms with Crippen LogP contribution in [0.1, 0.15) is 25.8 Å². The highest BCUT2D eigenvalue weighted by molar-refractivity contribution is 7.89. The molecule has 0 saturated carbocycles. The standard InChI is InChI=1S/C13H15FN2O4S/c1-3-8(2)12(13(17)18)16-21(19,20)10-4-5-11(14)9(6-10)7-15/h4-6,8,12,16H,3H2,1-2H3,(H,17,18)/t8?,12-/m0/s1. The second kappa shape index (κ2) is 6.65. The van der Waals surface area contributed by atoms with E-state index in [0.717, 1.165) is 18.2 Å². The molecule has 0 fully saturated rings. The molecule has 0 aliphatic carbocycles. The van der Waals surface area contributed by atoms with Gasteiger partial charge in [-0.15, -0.1) is 0 Å². The van der Waals surface area contributed by atoms with E-state index in [2.05, 4.69) is 4.72 Å². The van der Waals surface area contributed by atoms with Crippen LogP contribution in [0.2, 0.25) is 0 Å². The minimum absolute atomic E-state index is 0.352. The summed E-state index contributed by atoms with van der Waals surface area (Å²) < 4.78 is 39.6. The Hall–Kier alpha value is -1.98. The molecule has 1 unspecified atom stereocenters. The maximum Gasteiger partial charge on any atom is 0.322 e. The van der Waals surface area contributed by atoms with Gasteiger partial charge in [0.2, 0.25) is 10.0 Å². The van der Waals surface area contributed by atoms with Gasteiger partial charge in [-0.2, -0.15) is 9.98 Å². The average molecular weight is 314 g/mol. The Labute approximate surface area is 122 Å². The third-order valence-electron chi connectivity index (χ3n) is 3.13. The van der Waals surface area contributed by atoms with Gasteiger partial charge in [0.1, 0.15) is 17.9 Å². The number of carboxylic acids is 1. The van der Waals surface area contributed by atoms with Crippen molar-refractivity contribution < 1.29 is 22.7 Å². The number of carboxylic acid groups (broad SMARTS) is 1. The number of rotatable bonds is 6. The quantitative estimate of drug-likeness (QED) is 0.827. The Bertz CT molecular complexity index is 682. The lowest BCUT2D eigenvalue weighted by Gasteiger charge is -2.20. The highest BCUT2D eigenvalue weighted by atomic mass is 32.2. The number of nitriles is 1. The number of nitrogens with one attached hydrogen (secondary N) is 1. The fourth-order valence-corrected chi connectivity index (χ4v) is 2.96. The molecule has 0 amide bonds. The summed E-state index contributed by atoms with van der Waals surface area (Å²) in [5.74, 6) is -2.56. The number of hydrogen-bond donors (Lipinski definition) is 2. The Morgan fingerprint density at radius 1 is 1.52 bits per heavy atom. The normalized spacial score (nSPS) is 14.2. The predicted octanol–water partition coefficient (Wildman–Crippen LogP) is 1.47. The van der Waals surface area contributed by atoms with Crippen LogP contribution in [0.15, 0.2) is 23.1 Å². The first kappa shape index (κ1) is 17.1. The van der Waals surface area contributed by atoms with Crippen LogP contribution < -0.4 is 4.72 Å². The van der Waals surface area contributed by atoms with Gasteiger partial charge >= 0.3 is 5.97 Å². The molecule has 1 rings (SSSR count). The third-order valence-corrected chi connectivity index (χ3v) is 4.57. The van der Waals surface area contributed by atoms with E-state index in [1.54, 1.807) is 13.8 Å². The fourth-order valence-electron chi connectivity index (χ4n) is 1.64. The first-order valence-electron chi connectivity index (χ1n) is 6.17. The lowest BCUT2D eigenvalue weighted by atomic mass is 10.0. The molecule has 0 aliphatic rings. The van der Waals surface area contributed by atoms with Gasteiger partial charge in [-0.3, -0.25) is 4.79 Å². The van der Waals surface area contributed by atoms with Crippen molar-refractivity contribution in [1.82, 2.24) is 4.72 Å². The molecule has 0 aliphatic heterocycles. The molecular formula is C13H15FN2O4S. The summed E-state index contributed by atoms with van der Waals surface area (Å²) in [6, 6.07) is 2.94. The number of aliphatic carboxylic acids is 1. The van der Waals surface area contributed by atoms with Crippen LogP contribution in [0.5, 0.6) is 0 Å². The highest BCUT2D eigenvalue weighted by Crippen LogP contribution is 2.17.